The van der Waals surface area contributed by atoms with Crippen LogP contribution in [-0.2, 0) is 6.42 Å². The van der Waals surface area contributed by atoms with E-state index in [0.717, 1.165) is 41.6 Å². The van der Waals surface area contributed by atoms with E-state index in [-0.39, 0.29) is 0 Å². The van der Waals surface area contributed by atoms with Gasteiger partial charge >= 0.3 is 0 Å². The third-order valence-corrected chi connectivity index (χ3v) is 9.76. The van der Waals surface area contributed by atoms with Crippen molar-refractivity contribution in [1.29, 1.82) is 0 Å². The van der Waals surface area contributed by atoms with E-state index >= 15 is 0 Å². The lowest BCUT2D eigenvalue weighted by atomic mass is 9.87. The first-order valence-corrected chi connectivity index (χ1v) is 17.0. The second-order valence-electron chi connectivity index (χ2n) is 12.9. The Kier molecular flexibility index (Phi) is 8.83. The molecule has 0 saturated heterocycles. The molecule has 49 heavy (non-hydrogen) atoms. The van der Waals surface area contributed by atoms with Crippen molar-refractivity contribution in [3.05, 3.63) is 217 Å². The molecule has 238 valence electrons. The van der Waals surface area contributed by atoms with Crippen LogP contribution in [-0.4, -0.2) is 4.40 Å². The number of aryl methyl sites for hydroxylation is 1. The number of fused-ring (bicyclic) bond motifs is 6. The zero-order chi connectivity index (χ0) is 33.9. The lowest BCUT2D eigenvalue weighted by molar-refractivity contribution is 0.836. The van der Waals surface area contributed by atoms with Crippen LogP contribution in [0.4, 0.5) is 0 Å². The van der Waals surface area contributed by atoms with Crippen LogP contribution in [0.1, 0.15) is 35.2 Å². The smallest absolute Gasteiger partial charge is 0.0617 e. The van der Waals surface area contributed by atoms with Gasteiger partial charge in [0.2, 0.25) is 0 Å². The molecule has 1 nitrogen and oxygen atoms in total. The maximum absolute atomic E-state index is 4.16. The predicted octanol–water partition coefficient (Wildman–Crippen LogP) is 12.8. The van der Waals surface area contributed by atoms with Gasteiger partial charge in [0.1, 0.15) is 0 Å². The van der Waals surface area contributed by atoms with Gasteiger partial charge in [-0.2, -0.15) is 0 Å². The van der Waals surface area contributed by atoms with E-state index in [1.165, 1.54) is 60.7 Å². The summed E-state index contributed by atoms with van der Waals surface area (Å²) in [4.78, 5) is 0. The molecule has 2 aliphatic carbocycles. The molecule has 0 saturated carbocycles. The van der Waals surface area contributed by atoms with Crippen molar-refractivity contribution in [2.75, 3.05) is 0 Å². The number of hydrogen-bond acceptors (Lipinski definition) is 0. The minimum Gasteiger partial charge on any atom is -0.312 e. The van der Waals surface area contributed by atoms with Crippen LogP contribution in [0.3, 0.4) is 0 Å². The fourth-order valence-corrected chi connectivity index (χ4v) is 7.07. The fourth-order valence-electron chi connectivity index (χ4n) is 7.07. The fraction of sp³-hybridized carbons (Fsp3) is 0.0833. The third-order valence-electron chi connectivity index (χ3n) is 9.76. The van der Waals surface area contributed by atoms with Crippen LogP contribution in [0.15, 0.2) is 195 Å². The highest BCUT2D eigenvalue weighted by molar-refractivity contribution is 6.17. The minimum atomic E-state index is 0.337. The predicted molar refractivity (Wildman–Crippen MR) is 215 cm³/mol. The Bertz CT molecular complexity index is 2360. The summed E-state index contributed by atoms with van der Waals surface area (Å²) in [6.07, 6.45) is 29.8. The van der Waals surface area contributed by atoms with Crippen molar-refractivity contribution >= 4 is 44.4 Å². The van der Waals surface area contributed by atoms with Gasteiger partial charge < -0.3 is 4.40 Å². The first-order chi connectivity index (χ1) is 23.9. The highest BCUT2D eigenvalue weighted by atomic mass is 14.9. The molecular formula is C48H41N. The van der Waals surface area contributed by atoms with E-state index in [4.69, 9.17) is 0 Å². The molecule has 2 aromatic heterocycles. The van der Waals surface area contributed by atoms with Crippen LogP contribution in [0.2, 0.25) is 0 Å². The molecule has 0 spiro atoms. The summed E-state index contributed by atoms with van der Waals surface area (Å²) in [5.41, 5.74) is 14.2. The molecule has 5 aromatic rings. The lowest BCUT2D eigenvalue weighted by Crippen LogP contribution is -2.01. The van der Waals surface area contributed by atoms with E-state index in [9.17, 15) is 0 Å². The molecule has 0 aliphatic heterocycles. The second-order valence-corrected chi connectivity index (χ2v) is 12.9. The molecule has 1 atom stereocenters. The number of rotatable bonds is 11. The van der Waals surface area contributed by atoms with Crippen molar-refractivity contribution in [2.45, 2.75) is 19.3 Å². The Hall–Kier alpha value is -5.92. The quantitative estimate of drug-likeness (QED) is 0.128. The average molecular weight is 632 g/mol. The van der Waals surface area contributed by atoms with E-state index in [2.05, 4.69) is 140 Å². The van der Waals surface area contributed by atoms with E-state index in [1.54, 1.807) is 6.08 Å². The zero-order valence-corrected chi connectivity index (χ0v) is 28.0. The van der Waals surface area contributed by atoms with Crippen molar-refractivity contribution in [1.82, 2.24) is 4.40 Å². The molecule has 1 unspecified atom stereocenters. The maximum atomic E-state index is 4.16. The number of allylic oxidation sites excluding steroid dienone is 18. The third kappa shape index (κ3) is 6.24. The van der Waals surface area contributed by atoms with Crippen molar-refractivity contribution < 1.29 is 0 Å². The van der Waals surface area contributed by atoms with Crippen LogP contribution in [0.25, 0.3) is 44.4 Å². The van der Waals surface area contributed by atoms with Gasteiger partial charge in [-0.3, -0.25) is 0 Å². The van der Waals surface area contributed by atoms with Gasteiger partial charge in [-0.1, -0.05) is 166 Å². The molecule has 2 heterocycles. The lowest BCUT2D eigenvalue weighted by Gasteiger charge is -2.18. The Morgan fingerprint density at radius 1 is 0.653 bits per heavy atom. The largest absolute Gasteiger partial charge is 0.312 e. The zero-order valence-electron chi connectivity index (χ0n) is 28.0. The Labute approximate surface area is 290 Å². The normalized spacial score (nSPS) is 16.4. The summed E-state index contributed by atoms with van der Waals surface area (Å²) in [7, 11) is 0. The van der Waals surface area contributed by atoms with Gasteiger partial charge in [-0.05, 0) is 81.9 Å². The summed E-state index contributed by atoms with van der Waals surface area (Å²) in [6.45, 7) is 20.1. The Balaban J connectivity index is 0.997. The molecule has 0 N–H and O–H groups in total. The van der Waals surface area contributed by atoms with Gasteiger partial charge in [0.15, 0.2) is 0 Å². The first kappa shape index (κ1) is 31.7. The van der Waals surface area contributed by atoms with Crippen LogP contribution in [0.5, 0.6) is 0 Å². The molecule has 1 heteroatoms. The number of hydrogen-bond donors (Lipinski definition) is 0. The summed E-state index contributed by atoms with van der Waals surface area (Å²) in [6, 6.07) is 24.8. The number of para-hydroxylation sites is 2. The maximum Gasteiger partial charge on any atom is 0.0617 e. The number of aromatic nitrogens is 1. The Morgan fingerprint density at radius 3 is 2.06 bits per heavy atom. The first-order valence-electron chi connectivity index (χ1n) is 17.0. The van der Waals surface area contributed by atoms with Crippen LogP contribution >= 0.6 is 0 Å². The van der Waals surface area contributed by atoms with Gasteiger partial charge in [0.25, 0.3) is 0 Å². The summed E-state index contributed by atoms with van der Waals surface area (Å²) >= 11 is 0. The molecule has 0 bridgehead atoms. The topological polar surface area (TPSA) is 4.41 Å². The molecule has 2 aliphatic rings. The molecule has 3 aromatic carbocycles. The molecule has 0 fully saturated rings. The number of nitrogens with zero attached hydrogens (tertiary/aromatic N) is 1. The number of benzene rings is 3. The van der Waals surface area contributed by atoms with Gasteiger partial charge in [-0.25, -0.2) is 0 Å². The van der Waals surface area contributed by atoms with E-state index < -0.39 is 0 Å². The summed E-state index contributed by atoms with van der Waals surface area (Å²) in [5.74, 6) is 0.337. The van der Waals surface area contributed by atoms with E-state index in [1.807, 2.05) is 36.5 Å². The van der Waals surface area contributed by atoms with Crippen LogP contribution < -0.4 is 0 Å². The molecule has 7 rings (SSSR count). The van der Waals surface area contributed by atoms with E-state index in [0.29, 0.717) is 5.92 Å². The second kappa shape index (κ2) is 13.7. The van der Waals surface area contributed by atoms with Gasteiger partial charge in [0, 0.05) is 27.4 Å². The van der Waals surface area contributed by atoms with Crippen molar-refractivity contribution in [2.24, 2.45) is 5.92 Å². The van der Waals surface area contributed by atoms with Crippen molar-refractivity contribution in [3.63, 3.8) is 0 Å². The highest BCUT2D eigenvalue weighted by Crippen LogP contribution is 2.42. The van der Waals surface area contributed by atoms with Gasteiger partial charge in [-0.15, -0.1) is 0 Å². The molecule has 0 amide bonds. The highest BCUT2D eigenvalue weighted by Gasteiger charge is 2.23. The molecular weight excluding hydrogens is 591 g/mol. The SMILES string of the molecule is C=C/C=C\C(=C)C(=C)/C=C\C(=C)C(=C)/C=C\C=C\C1C=CC=C(c2ccc(C3=Cc4c(n5c6ccccc6c6cccc4c65)CC3)cc2)C1. The summed E-state index contributed by atoms with van der Waals surface area (Å²) in [5, 5.41) is 4.05. The Morgan fingerprint density at radius 2 is 1.31 bits per heavy atom. The molecule has 0 radical (unpaired) electrons. The van der Waals surface area contributed by atoms with Crippen LogP contribution in [0, 0.1) is 5.92 Å². The minimum absolute atomic E-state index is 0.337. The standard InChI is InChI=1S/C48H41N/c1-6-7-14-33(2)35(4)23-24-36(5)34(3)15-8-9-16-37-17-12-18-40(31-37)38-25-27-39(28-26-38)41-29-30-47-45(32-41)44-21-13-20-43-42-19-10-11-22-46(42)49(47)48(43)44/h6-28,32,37H,1-5,29-31H2/b14-7-,15-8-,16-9+,24-23-. The summed E-state index contributed by atoms with van der Waals surface area (Å²) < 4.78 is 2.52. The average Bonchev–Trinajstić information content (AvgIpc) is 3.66. The van der Waals surface area contributed by atoms with Gasteiger partial charge in [0.05, 0.1) is 11.0 Å². The van der Waals surface area contributed by atoms with Crippen molar-refractivity contribution in [3.8, 4) is 0 Å². The monoisotopic (exact) mass is 631 g/mol.